The highest BCUT2D eigenvalue weighted by Gasteiger charge is 2.24. The SMILES string of the molecule is c1ccc(-c2ccc(N(c3ccc(-c4ccccc4)cc3)c3ccc(-c4cc5c(-c6ccccc6)c(-c6ccccc6)n(-c6ccccc6)c5c5ccccc45)cc3)cc2)cc1. The van der Waals surface area contributed by atoms with Crippen LogP contribution >= 0.6 is 0 Å². The molecule has 11 rings (SSSR count). The number of benzene rings is 10. The van der Waals surface area contributed by atoms with Crippen LogP contribution < -0.4 is 4.90 Å². The highest BCUT2D eigenvalue weighted by Crippen LogP contribution is 2.48. The fourth-order valence-electron chi connectivity index (χ4n) is 9.09. The van der Waals surface area contributed by atoms with Crippen molar-refractivity contribution >= 4 is 38.7 Å². The second kappa shape index (κ2) is 16.1. The Morgan fingerprint density at radius 3 is 1.13 bits per heavy atom. The summed E-state index contributed by atoms with van der Waals surface area (Å²) in [4.78, 5) is 2.36. The van der Waals surface area contributed by atoms with Gasteiger partial charge < -0.3 is 9.47 Å². The Morgan fingerprint density at radius 1 is 0.274 bits per heavy atom. The molecule has 1 heterocycles. The first-order valence-corrected chi connectivity index (χ1v) is 21.3. The number of hydrogen-bond acceptors (Lipinski definition) is 1. The van der Waals surface area contributed by atoms with E-state index in [-0.39, 0.29) is 0 Å². The Kier molecular flexibility index (Phi) is 9.57. The Bertz CT molecular complexity index is 3180. The third kappa shape index (κ3) is 6.74. The minimum Gasteiger partial charge on any atom is -0.311 e. The van der Waals surface area contributed by atoms with Crippen molar-refractivity contribution in [2.75, 3.05) is 4.90 Å². The normalized spacial score (nSPS) is 11.2. The molecule has 0 saturated heterocycles. The van der Waals surface area contributed by atoms with Crippen LogP contribution in [-0.2, 0) is 0 Å². The molecule has 11 aromatic rings. The van der Waals surface area contributed by atoms with Crippen LogP contribution in [0, 0.1) is 0 Å². The lowest BCUT2D eigenvalue weighted by atomic mass is 9.92. The molecule has 0 N–H and O–H groups in total. The molecule has 0 bridgehead atoms. The minimum absolute atomic E-state index is 1.09. The Hall–Kier alpha value is -8.20. The summed E-state index contributed by atoms with van der Waals surface area (Å²) in [6.07, 6.45) is 0. The topological polar surface area (TPSA) is 8.17 Å². The van der Waals surface area contributed by atoms with Gasteiger partial charge in [0.05, 0.1) is 11.2 Å². The molecule has 0 saturated carbocycles. The van der Waals surface area contributed by atoms with Gasteiger partial charge in [0, 0.05) is 39.1 Å². The third-order valence-electron chi connectivity index (χ3n) is 12.0. The van der Waals surface area contributed by atoms with E-state index in [1.54, 1.807) is 0 Å². The molecule has 0 radical (unpaired) electrons. The van der Waals surface area contributed by atoms with Crippen LogP contribution in [0.4, 0.5) is 17.1 Å². The summed E-state index contributed by atoms with van der Waals surface area (Å²) in [5.74, 6) is 0. The lowest BCUT2D eigenvalue weighted by Gasteiger charge is -2.26. The maximum atomic E-state index is 2.48. The van der Waals surface area contributed by atoms with Gasteiger partial charge >= 0.3 is 0 Å². The number of hydrogen-bond donors (Lipinski definition) is 0. The van der Waals surface area contributed by atoms with Crippen LogP contribution in [0.1, 0.15) is 0 Å². The van der Waals surface area contributed by atoms with Gasteiger partial charge in [-0.25, -0.2) is 0 Å². The molecule has 0 aliphatic carbocycles. The van der Waals surface area contributed by atoms with Crippen molar-refractivity contribution in [3.05, 3.63) is 255 Å². The lowest BCUT2D eigenvalue weighted by Crippen LogP contribution is -2.09. The Morgan fingerprint density at radius 2 is 0.645 bits per heavy atom. The molecule has 0 spiro atoms. The van der Waals surface area contributed by atoms with E-state index in [4.69, 9.17) is 0 Å². The average molecular weight is 791 g/mol. The zero-order chi connectivity index (χ0) is 41.2. The van der Waals surface area contributed by atoms with E-state index < -0.39 is 0 Å². The van der Waals surface area contributed by atoms with Crippen LogP contribution in [0.25, 0.3) is 83.1 Å². The molecular weight excluding hydrogens is 749 g/mol. The molecule has 292 valence electrons. The summed E-state index contributed by atoms with van der Waals surface area (Å²) in [5.41, 5.74) is 17.6. The van der Waals surface area contributed by atoms with Crippen molar-refractivity contribution in [2.45, 2.75) is 0 Å². The number of fused-ring (bicyclic) bond motifs is 3. The summed E-state index contributed by atoms with van der Waals surface area (Å²) in [6, 6.07) is 92.0. The van der Waals surface area contributed by atoms with Crippen LogP contribution in [-0.4, -0.2) is 4.57 Å². The zero-order valence-electron chi connectivity index (χ0n) is 34.1. The third-order valence-corrected chi connectivity index (χ3v) is 12.0. The van der Waals surface area contributed by atoms with Gasteiger partial charge in [-0.05, 0) is 104 Å². The maximum Gasteiger partial charge on any atom is 0.0620 e. The molecule has 0 aliphatic rings. The second-order valence-corrected chi connectivity index (χ2v) is 15.7. The first-order chi connectivity index (χ1) is 30.8. The van der Waals surface area contributed by atoms with Gasteiger partial charge in [-0.15, -0.1) is 0 Å². The quantitative estimate of drug-likeness (QED) is 0.141. The van der Waals surface area contributed by atoms with Crippen molar-refractivity contribution in [1.82, 2.24) is 4.57 Å². The number of nitrogens with zero attached hydrogens (tertiary/aromatic N) is 2. The Labute approximate surface area is 362 Å². The lowest BCUT2D eigenvalue weighted by molar-refractivity contribution is 1.14. The predicted octanol–water partition coefficient (Wildman–Crippen LogP) is 16.6. The van der Waals surface area contributed by atoms with E-state index in [1.807, 2.05) is 0 Å². The number of rotatable bonds is 9. The summed E-state index contributed by atoms with van der Waals surface area (Å²) < 4.78 is 2.48. The van der Waals surface area contributed by atoms with Gasteiger partial charge in [0.2, 0.25) is 0 Å². The molecule has 2 nitrogen and oxygen atoms in total. The summed E-state index contributed by atoms with van der Waals surface area (Å²) in [7, 11) is 0. The highest BCUT2D eigenvalue weighted by molar-refractivity contribution is 6.20. The predicted molar refractivity (Wildman–Crippen MR) is 263 cm³/mol. The van der Waals surface area contributed by atoms with Crippen LogP contribution in [0.2, 0.25) is 0 Å². The summed E-state index contributed by atoms with van der Waals surface area (Å²) in [5, 5.41) is 3.65. The average Bonchev–Trinajstić information content (AvgIpc) is 3.71. The van der Waals surface area contributed by atoms with Gasteiger partial charge in [0.15, 0.2) is 0 Å². The molecule has 0 atom stereocenters. The first-order valence-electron chi connectivity index (χ1n) is 21.3. The van der Waals surface area contributed by atoms with Crippen molar-refractivity contribution in [3.8, 4) is 61.5 Å². The molecule has 0 aliphatic heterocycles. The van der Waals surface area contributed by atoms with Gasteiger partial charge in [-0.3, -0.25) is 0 Å². The van der Waals surface area contributed by atoms with Crippen LogP contribution in [0.3, 0.4) is 0 Å². The van der Waals surface area contributed by atoms with Gasteiger partial charge in [0.1, 0.15) is 0 Å². The standard InChI is InChI=1S/C60H42N2/c1-6-18-43(19-7-1)45-30-36-51(37-31-45)61(52-38-32-46(33-39-52)44-20-8-2-9-21-44)53-40-34-47(35-41-53)56-42-57-58(48-22-10-3-11-23-48)59(49-24-12-4-13-25-49)62(50-26-14-5-15-27-50)60(57)55-29-17-16-28-54(55)56/h1-42H. The van der Waals surface area contributed by atoms with Crippen molar-refractivity contribution < 1.29 is 0 Å². The van der Waals surface area contributed by atoms with E-state index in [0.29, 0.717) is 0 Å². The number of para-hydroxylation sites is 1. The van der Waals surface area contributed by atoms with E-state index >= 15 is 0 Å². The second-order valence-electron chi connectivity index (χ2n) is 15.7. The minimum atomic E-state index is 1.09. The fourth-order valence-corrected chi connectivity index (χ4v) is 9.09. The van der Waals surface area contributed by atoms with Crippen molar-refractivity contribution in [2.24, 2.45) is 0 Å². The summed E-state index contributed by atoms with van der Waals surface area (Å²) >= 11 is 0. The van der Waals surface area contributed by atoms with E-state index in [2.05, 4.69) is 264 Å². The monoisotopic (exact) mass is 790 g/mol. The molecule has 2 heteroatoms. The van der Waals surface area contributed by atoms with Crippen molar-refractivity contribution in [1.29, 1.82) is 0 Å². The van der Waals surface area contributed by atoms with Crippen molar-refractivity contribution in [3.63, 3.8) is 0 Å². The molecule has 0 fully saturated rings. The zero-order valence-corrected chi connectivity index (χ0v) is 34.1. The number of aromatic nitrogens is 1. The highest BCUT2D eigenvalue weighted by atomic mass is 15.1. The van der Waals surface area contributed by atoms with Crippen LogP contribution in [0.15, 0.2) is 255 Å². The smallest absolute Gasteiger partial charge is 0.0620 e. The molecular formula is C60H42N2. The largest absolute Gasteiger partial charge is 0.311 e. The molecule has 0 amide bonds. The molecule has 62 heavy (non-hydrogen) atoms. The fraction of sp³-hybridized carbons (Fsp3) is 0. The van der Waals surface area contributed by atoms with Crippen LogP contribution in [0.5, 0.6) is 0 Å². The van der Waals surface area contributed by atoms with E-state index in [1.165, 1.54) is 77.4 Å². The first kappa shape index (κ1) is 36.8. The number of anilines is 3. The molecule has 1 aromatic heterocycles. The van der Waals surface area contributed by atoms with Gasteiger partial charge in [-0.1, -0.05) is 200 Å². The van der Waals surface area contributed by atoms with Gasteiger partial charge in [-0.2, -0.15) is 0 Å². The summed E-state index contributed by atoms with van der Waals surface area (Å²) in [6.45, 7) is 0. The van der Waals surface area contributed by atoms with E-state index in [9.17, 15) is 0 Å². The maximum absolute atomic E-state index is 2.48. The van der Waals surface area contributed by atoms with E-state index in [0.717, 1.165) is 22.7 Å². The Balaban J connectivity index is 1.09. The van der Waals surface area contributed by atoms with Gasteiger partial charge in [0.25, 0.3) is 0 Å². The molecule has 10 aromatic carbocycles. The molecule has 0 unspecified atom stereocenters.